The molecule has 0 aliphatic heterocycles. The maximum absolute atomic E-state index is 11.9. The van der Waals surface area contributed by atoms with Crippen molar-refractivity contribution in [3.8, 4) is 6.07 Å². The molecule has 0 spiro atoms. The van der Waals surface area contributed by atoms with E-state index >= 15 is 0 Å². The molecule has 0 aliphatic rings. The Morgan fingerprint density at radius 2 is 2.25 bits per heavy atom. The van der Waals surface area contributed by atoms with Gasteiger partial charge in [0.2, 0.25) is 0 Å². The number of carbonyl (C=O) groups is 1. The van der Waals surface area contributed by atoms with E-state index in [1.54, 1.807) is 18.0 Å². The van der Waals surface area contributed by atoms with E-state index in [1.165, 1.54) is 12.4 Å². The van der Waals surface area contributed by atoms with Gasteiger partial charge in [-0.3, -0.25) is 9.78 Å². The zero-order valence-corrected chi connectivity index (χ0v) is 9.77. The maximum Gasteiger partial charge on any atom is 0.255 e. The molecule has 0 aromatic carbocycles. The Morgan fingerprint density at radius 3 is 2.81 bits per heavy atom. The van der Waals surface area contributed by atoms with Crippen molar-refractivity contribution in [2.75, 3.05) is 13.6 Å². The van der Waals surface area contributed by atoms with Crippen LogP contribution in [0.5, 0.6) is 0 Å². The van der Waals surface area contributed by atoms with Crippen LogP contribution >= 0.6 is 0 Å². The van der Waals surface area contributed by atoms with E-state index in [4.69, 9.17) is 5.26 Å². The van der Waals surface area contributed by atoms with Crippen molar-refractivity contribution >= 4 is 5.91 Å². The van der Waals surface area contributed by atoms with Crippen molar-refractivity contribution in [1.29, 1.82) is 5.26 Å². The molecule has 0 N–H and O–H groups in total. The van der Waals surface area contributed by atoms with Crippen LogP contribution in [0.4, 0.5) is 0 Å². The van der Waals surface area contributed by atoms with Crippen molar-refractivity contribution in [2.24, 2.45) is 5.92 Å². The van der Waals surface area contributed by atoms with Crippen LogP contribution in [0, 0.1) is 17.2 Å². The molecule has 84 valence electrons. The highest BCUT2D eigenvalue weighted by Gasteiger charge is 2.13. The lowest BCUT2D eigenvalue weighted by Crippen LogP contribution is -2.30. The third-order valence-electron chi connectivity index (χ3n) is 2.10. The quantitative estimate of drug-likeness (QED) is 0.774. The van der Waals surface area contributed by atoms with E-state index in [2.05, 4.69) is 4.98 Å². The van der Waals surface area contributed by atoms with Gasteiger partial charge in [-0.2, -0.15) is 5.26 Å². The molecule has 0 fully saturated rings. The van der Waals surface area contributed by atoms with Crippen molar-refractivity contribution in [3.05, 3.63) is 29.6 Å². The summed E-state index contributed by atoms with van der Waals surface area (Å²) >= 11 is 0. The van der Waals surface area contributed by atoms with Gasteiger partial charge in [0.1, 0.15) is 6.07 Å². The van der Waals surface area contributed by atoms with Gasteiger partial charge in [0.05, 0.1) is 11.1 Å². The number of rotatable bonds is 3. The van der Waals surface area contributed by atoms with Crippen molar-refractivity contribution in [2.45, 2.75) is 13.8 Å². The Morgan fingerprint density at radius 1 is 1.56 bits per heavy atom. The SMILES string of the molecule is CC(C)CN(C)C(=O)c1cncc(C#N)c1. The van der Waals surface area contributed by atoms with E-state index < -0.39 is 0 Å². The Hall–Kier alpha value is -1.89. The molecule has 0 saturated carbocycles. The van der Waals surface area contributed by atoms with Gasteiger partial charge in [-0.15, -0.1) is 0 Å². The van der Waals surface area contributed by atoms with Crippen LogP contribution in [0.1, 0.15) is 29.8 Å². The highest BCUT2D eigenvalue weighted by Crippen LogP contribution is 2.06. The minimum Gasteiger partial charge on any atom is -0.341 e. The first-order chi connectivity index (χ1) is 7.54. The zero-order valence-electron chi connectivity index (χ0n) is 9.77. The summed E-state index contributed by atoms with van der Waals surface area (Å²) in [6, 6.07) is 3.53. The molecule has 1 rings (SSSR count). The van der Waals surface area contributed by atoms with E-state index in [0.29, 0.717) is 23.6 Å². The van der Waals surface area contributed by atoms with Gasteiger partial charge in [-0.05, 0) is 12.0 Å². The summed E-state index contributed by atoms with van der Waals surface area (Å²) < 4.78 is 0. The summed E-state index contributed by atoms with van der Waals surface area (Å²) in [6.45, 7) is 4.79. The minimum atomic E-state index is -0.0988. The fourth-order valence-electron chi connectivity index (χ4n) is 1.47. The predicted molar refractivity (Wildman–Crippen MR) is 60.8 cm³/mol. The molecule has 0 bridgehead atoms. The average molecular weight is 217 g/mol. The lowest BCUT2D eigenvalue weighted by molar-refractivity contribution is 0.0778. The monoisotopic (exact) mass is 217 g/mol. The molecule has 4 heteroatoms. The number of pyridine rings is 1. The van der Waals surface area contributed by atoms with Crippen LogP contribution in [0.3, 0.4) is 0 Å². The lowest BCUT2D eigenvalue weighted by atomic mass is 10.1. The third kappa shape index (κ3) is 3.06. The molecule has 0 saturated heterocycles. The van der Waals surface area contributed by atoms with E-state index in [-0.39, 0.29) is 5.91 Å². The molecule has 1 aromatic heterocycles. The van der Waals surface area contributed by atoms with Gasteiger partial charge in [0.15, 0.2) is 0 Å². The fraction of sp³-hybridized carbons (Fsp3) is 0.417. The highest BCUT2D eigenvalue weighted by atomic mass is 16.2. The number of nitriles is 1. The van der Waals surface area contributed by atoms with Gasteiger partial charge in [-0.1, -0.05) is 13.8 Å². The summed E-state index contributed by atoms with van der Waals surface area (Å²) in [5, 5.41) is 8.71. The molecular weight excluding hydrogens is 202 g/mol. The van der Waals surface area contributed by atoms with Crippen LogP contribution in [0.2, 0.25) is 0 Å². The molecular formula is C12H15N3O. The second-order valence-electron chi connectivity index (χ2n) is 4.15. The predicted octanol–water partition coefficient (Wildman–Crippen LogP) is 1.68. The first kappa shape index (κ1) is 12.2. The average Bonchev–Trinajstić information content (AvgIpc) is 2.27. The lowest BCUT2D eigenvalue weighted by Gasteiger charge is -2.19. The second-order valence-corrected chi connectivity index (χ2v) is 4.15. The van der Waals surface area contributed by atoms with Gasteiger partial charge in [0.25, 0.3) is 5.91 Å². The van der Waals surface area contributed by atoms with Gasteiger partial charge < -0.3 is 4.90 Å². The number of amides is 1. The van der Waals surface area contributed by atoms with Crippen LogP contribution in [-0.2, 0) is 0 Å². The first-order valence-electron chi connectivity index (χ1n) is 5.15. The molecule has 1 amide bonds. The summed E-state index contributed by atoms with van der Waals surface area (Å²) in [6.07, 6.45) is 2.93. The third-order valence-corrected chi connectivity index (χ3v) is 2.10. The van der Waals surface area contributed by atoms with Crippen LogP contribution in [0.15, 0.2) is 18.5 Å². The van der Waals surface area contributed by atoms with Crippen LogP contribution < -0.4 is 0 Å². The summed E-state index contributed by atoms with van der Waals surface area (Å²) in [5.74, 6) is 0.319. The van der Waals surface area contributed by atoms with Gasteiger partial charge >= 0.3 is 0 Å². The zero-order chi connectivity index (χ0) is 12.1. The van der Waals surface area contributed by atoms with Crippen molar-refractivity contribution < 1.29 is 4.79 Å². The number of nitrogens with zero attached hydrogens (tertiary/aromatic N) is 3. The fourth-order valence-corrected chi connectivity index (χ4v) is 1.47. The van der Waals surface area contributed by atoms with Gasteiger partial charge in [-0.25, -0.2) is 0 Å². The summed E-state index contributed by atoms with van der Waals surface area (Å²) in [4.78, 5) is 17.4. The normalized spacial score (nSPS) is 9.94. The molecule has 0 unspecified atom stereocenters. The standard InChI is InChI=1S/C12H15N3O/c1-9(2)8-15(3)12(16)11-4-10(5-13)6-14-7-11/h4,6-7,9H,8H2,1-3H3. The van der Waals surface area contributed by atoms with Crippen molar-refractivity contribution in [3.63, 3.8) is 0 Å². The molecule has 16 heavy (non-hydrogen) atoms. The Labute approximate surface area is 95.5 Å². The Kier molecular flexibility index (Phi) is 4.01. The number of hydrogen-bond donors (Lipinski definition) is 0. The molecule has 1 aromatic rings. The Bertz CT molecular complexity index is 421. The molecule has 1 heterocycles. The topological polar surface area (TPSA) is 57.0 Å². The smallest absolute Gasteiger partial charge is 0.255 e. The molecule has 0 radical (unpaired) electrons. The second kappa shape index (κ2) is 5.26. The summed E-state index contributed by atoms with van der Waals surface area (Å²) in [5.41, 5.74) is 0.867. The Balaban J connectivity index is 2.84. The highest BCUT2D eigenvalue weighted by molar-refractivity contribution is 5.94. The van der Waals surface area contributed by atoms with Crippen molar-refractivity contribution in [1.82, 2.24) is 9.88 Å². The van der Waals surface area contributed by atoms with E-state index in [0.717, 1.165) is 0 Å². The molecule has 0 aliphatic carbocycles. The van der Waals surface area contributed by atoms with E-state index in [9.17, 15) is 4.79 Å². The van der Waals surface area contributed by atoms with Crippen LogP contribution in [-0.4, -0.2) is 29.4 Å². The van der Waals surface area contributed by atoms with E-state index in [1.807, 2.05) is 19.9 Å². The van der Waals surface area contributed by atoms with Gasteiger partial charge in [0, 0.05) is 26.0 Å². The number of carbonyl (C=O) groups excluding carboxylic acids is 1. The van der Waals surface area contributed by atoms with Crippen LogP contribution in [0.25, 0.3) is 0 Å². The number of aromatic nitrogens is 1. The minimum absolute atomic E-state index is 0.0988. The molecule has 4 nitrogen and oxygen atoms in total. The maximum atomic E-state index is 11.9. The molecule has 0 atom stereocenters. The largest absolute Gasteiger partial charge is 0.341 e. The summed E-state index contributed by atoms with van der Waals surface area (Å²) in [7, 11) is 1.75. The number of hydrogen-bond acceptors (Lipinski definition) is 3. The first-order valence-corrected chi connectivity index (χ1v) is 5.15.